The number of Topliss-reactive ketones (excluding diaryl/α,β-unsaturated/α-hetero) is 1. The summed E-state index contributed by atoms with van der Waals surface area (Å²) in [5.41, 5.74) is 4.39. The van der Waals surface area contributed by atoms with Crippen molar-refractivity contribution in [3.05, 3.63) is 84.1 Å². The number of anilines is 1. The van der Waals surface area contributed by atoms with Crippen molar-refractivity contribution in [2.45, 2.75) is 57.3 Å². The molecule has 0 unspecified atom stereocenters. The van der Waals surface area contributed by atoms with Gasteiger partial charge in [-0.25, -0.2) is 8.42 Å². The molecule has 0 aliphatic rings. The van der Waals surface area contributed by atoms with Crippen molar-refractivity contribution in [1.82, 2.24) is 4.98 Å². The van der Waals surface area contributed by atoms with Crippen molar-refractivity contribution >= 4 is 32.4 Å². The van der Waals surface area contributed by atoms with Gasteiger partial charge in [-0.05, 0) is 59.7 Å². The first kappa shape index (κ1) is 27.6. The highest BCUT2D eigenvalue weighted by atomic mass is 32.2. The molecule has 1 heterocycles. The van der Waals surface area contributed by atoms with Crippen molar-refractivity contribution in [2.24, 2.45) is 0 Å². The average molecular weight is 533 g/mol. The number of aromatic nitrogens is 1. The maximum atomic E-state index is 13.2. The Morgan fingerprint density at radius 3 is 2.32 bits per heavy atom. The lowest BCUT2D eigenvalue weighted by molar-refractivity contribution is 0.0935. The minimum Gasteiger partial charge on any atom is -0.381 e. The van der Waals surface area contributed by atoms with E-state index < -0.39 is 10.0 Å². The number of benzene rings is 3. The Kier molecular flexibility index (Phi) is 8.38. The minimum atomic E-state index is -3.79. The van der Waals surface area contributed by atoms with E-state index >= 15 is 0 Å². The fraction of sp³-hybridized carbons (Fsp3) is 0.323. The number of ketones is 1. The van der Waals surface area contributed by atoms with E-state index in [1.807, 2.05) is 48.5 Å². The minimum absolute atomic E-state index is 0.00113. The van der Waals surface area contributed by atoms with Gasteiger partial charge in [-0.3, -0.25) is 9.52 Å². The third-order valence-corrected chi connectivity index (χ3v) is 7.86. The molecule has 0 aliphatic carbocycles. The summed E-state index contributed by atoms with van der Waals surface area (Å²) >= 11 is 0. The molecule has 0 saturated carbocycles. The summed E-state index contributed by atoms with van der Waals surface area (Å²) in [7, 11) is -3.79. The fourth-order valence-electron chi connectivity index (χ4n) is 4.42. The topological polar surface area (TPSA) is 88.3 Å². The second-order valence-electron chi connectivity index (χ2n) is 10.5. The molecular weight excluding hydrogens is 496 g/mol. The lowest BCUT2D eigenvalue weighted by Crippen LogP contribution is -2.14. The van der Waals surface area contributed by atoms with Crippen LogP contribution in [0.2, 0.25) is 0 Å². The molecule has 0 spiro atoms. The van der Waals surface area contributed by atoms with E-state index in [1.54, 1.807) is 24.3 Å². The van der Waals surface area contributed by atoms with Gasteiger partial charge >= 0.3 is 0 Å². The van der Waals surface area contributed by atoms with Gasteiger partial charge < -0.3 is 9.72 Å². The van der Waals surface area contributed by atoms with Crippen LogP contribution in [0.1, 0.15) is 63.0 Å². The lowest BCUT2D eigenvalue weighted by atomic mass is 9.87. The normalized spacial score (nSPS) is 12.1. The molecule has 1 aromatic heterocycles. The van der Waals surface area contributed by atoms with Crippen molar-refractivity contribution in [3.8, 4) is 11.1 Å². The van der Waals surface area contributed by atoms with Crippen molar-refractivity contribution in [3.63, 3.8) is 0 Å². The zero-order valence-corrected chi connectivity index (χ0v) is 23.3. The van der Waals surface area contributed by atoms with Crippen molar-refractivity contribution < 1.29 is 17.9 Å². The molecule has 0 amide bonds. The molecule has 2 N–H and O–H groups in total. The van der Waals surface area contributed by atoms with E-state index in [2.05, 4.69) is 37.4 Å². The fourth-order valence-corrected chi connectivity index (χ4v) is 5.47. The Hall–Kier alpha value is -3.42. The van der Waals surface area contributed by atoms with Gasteiger partial charge in [-0.15, -0.1) is 0 Å². The molecule has 0 aliphatic heterocycles. The van der Waals surface area contributed by atoms with Gasteiger partial charge in [0, 0.05) is 41.8 Å². The number of nitrogens with one attached hydrogen (secondary N) is 2. The number of rotatable bonds is 11. The Balaban J connectivity index is 1.66. The molecule has 38 heavy (non-hydrogen) atoms. The van der Waals surface area contributed by atoms with Crippen LogP contribution in [0.3, 0.4) is 0 Å². The van der Waals surface area contributed by atoms with Gasteiger partial charge in [-0.1, -0.05) is 70.2 Å². The van der Waals surface area contributed by atoms with E-state index in [9.17, 15) is 13.2 Å². The maximum Gasteiger partial charge on any atom is 0.261 e. The standard InChI is InChI=1S/C31H36N2O4S/c1-5-19-37-20-9-12-28(34)30-29(22-10-7-6-8-11-22)26-21-24(15-18-27(26)32-30)33-38(35,36)25-16-13-23(14-17-25)31(2,3)4/h6-8,10-11,13-18,21,32-33H,5,9,12,19-20H2,1-4H3. The Morgan fingerprint density at radius 1 is 0.947 bits per heavy atom. The molecule has 3 aromatic carbocycles. The predicted octanol–water partition coefficient (Wildman–Crippen LogP) is 7.32. The zero-order chi connectivity index (χ0) is 27.3. The molecular formula is C31H36N2O4S. The molecule has 0 radical (unpaired) electrons. The summed E-state index contributed by atoms with van der Waals surface area (Å²) in [6, 6.07) is 22.0. The van der Waals surface area contributed by atoms with Gasteiger partial charge in [0.2, 0.25) is 0 Å². The van der Waals surface area contributed by atoms with Crippen LogP contribution in [-0.2, 0) is 20.2 Å². The summed E-state index contributed by atoms with van der Waals surface area (Å²) in [5.74, 6) is 0.00113. The monoisotopic (exact) mass is 532 g/mol. The molecule has 7 heteroatoms. The van der Waals surface area contributed by atoms with Crippen LogP contribution >= 0.6 is 0 Å². The molecule has 6 nitrogen and oxygen atoms in total. The van der Waals surface area contributed by atoms with E-state index in [4.69, 9.17) is 4.74 Å². The molecule has 0 fully saturated rings. The number of hydrogen-bond acceptors (Lipinski definition) is 4. The summed E-state index contributed by atoms with van der Waals surface area (Å²) < 4.78 is 34.6. The van der Waals surface area contributed by atoms with E-state index in [0.717, 1.165) is 34.0 Å². The summed E-state index contributed by atoms with van der Waals surface area (Å²) in [4.78, 5) is 16.7. The number of aromatic amines is 1. The zero-order valence-electron chi connectivity index (χ0n) is 22.5. The summed E-state index contributed by atoms with van der Waals surface area (Å²) in [5, 5.41) is 0.782. The van der Waals surface area contributed by atoms with Crippen molar-refractivity contribution in [1.29, 1.82) is 0 Å². The molecule has 0 atom stereocenters. The smallest absolute Gasteiger partial charge is 0.261 e. The summed E-state index contributed by atoms with van der Waals surface area (Å²) in [6.45, 7) is 9.55. The first-order chi connectivity index (χ1) is 18.1. The number of carbonyl (C=O) groups is 1. The van der Waals surface area contributed by atoms with Crippen LogP contribution in [0.5, 0.6) is 0 Å². The van der Waals surface area contributed by atoms with Gasteiger partial charge in [0.05, 0.1) is 10.6 Å². The quantitative estimate of drug-likeness (QED) is 0.156. The largest absolute Gasteiger partial charge is 0.381 e. The van der Waals surface area contributed by atoms with E-state index in [1.165, 1.54) is 0 Å². The highest BCUT2D eigenvalue weighted by Gasteiger charge is 2.21. The van der Waals surface area contributed by atoms with Crippen molar-refractivity contribution in [2.75, 3.05) is 17.9 Å². The Morgan fingerprint density at radius 2 is 1.66 bits per heavy atom. The Bertz CT molecular complexity index is 1500. The Labute approximate surface area is 225 Å². The summed E-state index contributed by atoms with van der Waals surface area (Å²) in [6.07, 6.45) is 1.95. The third kappa shape index (κ3) is 6.34. The van der Waals surface area contributed by atoms with Gasteiger partial charge in [0.15, 0.2) is 5.78 Å². The van der Waals surface area contributed by atoms with Crippen LogP contribution in [0.25, 0.3) is 22.0 Å². The highest BCUT2D eigenvalue weighted by Crippen LogP contribution is 2.35. The number of carbonyl (C=O) groups excluding carboxylic acids is 1. The first-order valence-corrected chi connectivity index (χ1v) is 14.5. The third-order valence-electron chi connectivity index (χ3n) is 6.46. The van der Waals surface area contributed by atoms with Gasteiger partial charge in [0.25, 0.3) is 10.0 Å². The lowest BCUT2D eigenvalue weighted by Gasteiger charge is -2.19. The van der Waals surface area contributed by atoms with Crippen LogP contribution in [0.4, 0.5) is 5.69 Å². The number of hydrogen-bond donors (Lipinski definition) is 2. The number of H-pyrrole nitrogens is 1. The molecule has 4 rings (SSSR count). The highest BCUT2D eigenvalue weighted by molar-refractivity contribution is 7.92. The van der Waals surface area contributed by atoms with Crippen LogP contribution < -0.4 is 4.72 Å². The molecule has 0 saturated heterocycles. The predicted molar refractivity (Wildman–Crippen MR) is 154 cm³/mol. The second kappa shape index (κ2) is 11.5. The second-order valence-corrected chi connectivity index (χ2v) is 12.2. The van der Waals surface area contributed by atoms with Gasteiger partial charge in [0.1, 0.15) is 0 Å². The van der Waals surface area contributed by atoms with E-state index in [0.29, 0.717) is 37.4 Å². The number of fused-ring (bicyclic) bond motifs is 1. The van der Waals surface area contributed by atoms with Crippen LogP contribution in [0.15, 0.2) is 77.7 Å². The van der Waals surface area contributed by atoms with E-state index in [-0.39, 0.29) is 16.1 Å². The van der Waals surface area contributed by atoms with Crippen LogP contribution in [-0.4, -0.2) is 32.4 Å². The van der Waals surface area contributed by atoms with Crippen LogP contribution in [0, 0.1) is 0 Å². The maximum absolute atomic E-state index is 13.2. The molecule has 200 valence electrons. The molecule has 0 bridgehead atoms. The molecule has 4 aromatic rings. The van der Waals surface area contributed by atoms with Gasteiger partial charge in [-0.2, -0.15) is 0 Å². The number of sulfonamides is 1. The SMILES string of the molecule is CCCOCCCC(=O)c1[nH]c2ccc(NS(=O)(=O)c3ccc(C(C)(C)C)cc3)cc2c1-c1ccccc1. The first-order valence-electron chi connectivity index (χ1n) is 13.1. The number of ether oxygens (including phenoxy) is 1. The average Bonchev–Trinajstić information content (AvgIpc) is 3.27.